The van der Waals surface area contributed by atoms with Gasteiger partial charge in [0.1, 0.15) is 11.5 Å². The summed E-state index contributed by atoms with van der Waals surface area (Å²) in [5, 5.41) is 15.2. The van der Waals surface area contributed by atoms with Crippen LogP contribution in [0.3, 0.4) is 0 Å². The second-order valence-electron chi connectivity index (χ2n) is 4.40. The number of ether oxygens (including phenoxy) is 1. The highest BCUT2D eigenvalue weighted by molar-refractivity contribution is 5.84. The van der Waals surface area contributed by atoms with Crippen LogP contribution in [0.15, 0.2) is 42.5 Å². The molecule has 0 aliphatic rings. The zero-order valence-corrected chi connectivity index (χ0v) is 10.8. The first-order valence-corrected chi connectivity index (χ1v) is 6.02. The van der Waals surface area contributed by atoms with E-state index in [0.717, 1.165) is 28.0 Å². The number of aromatic nitrogens is 2. The van der Waals surface area contributed by atoms with E-state index in [0.29, 0.717) is 0 Å². The van der Waals surface area contributed by atoms with Gasteiger partial charge in [-0.25, -0.2) is 4.68 Å². The predicted molar refractivity (Wildman–Crippen MR) is 74.0 cm³/mol. The Labute approximate surface area is 110 Å². The van der Waals surface area contributed by atoms with Crippen LogP contribution in [0.1, 0.15) is 5.69 Å². The standard InChI is InChI=1S/C15H14N2O2/c1-10-14-8-5-12(18)9-15(14)17(16-10)11-3-6-13(19-2)7-4-11/h3-9,18H,1-2H3. The van der Waals surface area contributed by atoms with Gasteiger partial charge >= 0.3 is 0 Å². The third-order valence-electron chi connectivity index (χ3n) is 3.17. The summed E-state index contributed by atoms with van der Waals surface area (Å²) in [7, 11) is 1.64. The molecule has 0 saturated carbocycles. The molecule has 0 unspecified atom stereocenters. The summed E-state index contributed by atoms with van der Waals surface area (Å²) in [4.78, 5) is 0. The minimum Gasteiger partial charge on any atom is -0.508 e. The maximum absolute atomic E-state index is 9.63. The van der Waals surface area contributed by atoms with Crippen molar-refractivity contribution >= 4 is 10.9 Å². The first kappa shape index (κ1) is 11.6. The Morgan fingerprint density at radius 2 is 1.84 bits per heavy atom. The van der Waals surface area contributed by atoms with E-state index in [1.54, 1.807) is 19.2 Å². The molecule has 0 bridgehead atoms. The van der Waals surface area contributed by atoms with Crippen LogP contribution in [0.5, 0.6) is 11.5 Å². The maximum atomic E-state index is 9.63. The fraction of sp³-hybridized carbons (Fsp3) is 0.133. The highest BCUT2D eigenvalue weighted by Gasteiger charge is 2.09. The molecule has 4 nitrogen and oxygen atoms in total. The number of phenols is 1. The normalized spacial score (nSPS) is 10.8. The van der Waals surface area contributed by atoms with Crippen molar-refractivity contribution < 1.29 is 9.84 Å². The van der Waals surface area contributed by atoms with Crippen molar-refractivity contribution in [3.05, 3.63) is 48.2 Å². The van der Waals surface area contributed by atoms with E-state index in [1.165, 1.54) is 0 Å². The molecule has 2 aromatic carbocycles. The molecule has 0 aliphatic heterocycles. The van der Waals surface area contributed by atoms with E-state index in [1.807, 2.05) is 41.9 Å². The zero-order valence-electron chi connectivity index (χ0n) is 10.8. The van der Waals surface area contributed by atoms with Crippen LogP contribution in [0.2, 0.25) is 0 Å². The molecule has 19 heavy (non-hydrogen) atoms. The maximum Gasteiger partial charge on any atom is 0.119 e. The molecule has 3 aromatic rings. The zero-order chi connectivity index (χ0) is 13.4. The smallest absolute Gasteiger partial charge is 0.119 e. The Morgan fingerprint density at radius 1 is 1.11 bits per heavy atom. The predicted octanol–water partition coefficient (Wildman–Crippen LogP) is 3.05. The molecule has 1 N–H and O–H groups in total. The largest absolute Gasteiger partial charge is 0.508 e. The summed E-state index contributed by atoms with van der Waals surface area (Å²) in [6.07, 6.45) is 0. The monoisotopic (exact) mass is 254 g/mol. The van der Waals surface area contributed by atoms with Crippen LogP contribution < -0.4 is 4.74 Å². The van der Waals surface area contributed by atoms with Crippen LogP contribution in [-0.4, -0.2) is 22.0 Å². The van der Waals surface area contributed by atoms with Gasteiger partial charge < -0.3 is 9.84 Å². The molecule has 0 fully saturated rings. The number of hydrogen-bond donors (Lipinski definition) is 1. The van der Waals surface area contributed by atoms with Crippen LogP contribution in [0.4, 0.5) is 0 Å². The summed E-state index contributed by atoms with van der Waals surface area (Å²) in [5.41, 5.74) is 2.76. The van der Waals surface area contributed by atoms with Crippen molar-refractivity contribution in [1.29, 1.82) is 0 Å². The lowest BCUT2D eigenvalue weighted by atomic mass is 10.2. The van der Waals surface area contributed by atoms with Crippen molar-refractivity contribution in [2.75, 3.05) is 7.11 Å². The first-order chi connectivity index (χ1) is 9.19. The topological polar surface area (TPSA) is 47.3 Å². The van der Waals surface area contributed by atoms with E-state index in [-0.39, 0.29) is 5.75 Å². The molecule has 0 amide bonds. The number of benzene rings is 2. The van der Waals surface area contributed by atoms with Crippen molar-refractivity contribution in [2.24, 2.45) is 0 Å². The van der Waals surface area contributed by atoms with E-state index >= 15 is 0 Å². The van der Waals surface area contributed by atoms with Gasteiger partial charge in [-0.1, -0.05) is 0 Å². The Morgan fingerprint density at radius 3 is 2.53 bits per heavy atom. The van der Waals surface area contributed by atoms with Gasteiger partial charge in [0.25, 0.3) is 0 Å². The molecular formula is C15H14N2O2. The molecule has 0 aliphatic carbocycles. The highest BCUT2D eigenvalue weighted by Crippen LogP contribution is 2.26. The summed E-state index contributed by atoms with van der Waals surface area (Å²) >= 11 is 0. The molecule has 0 spiro atoms. The quantitative estimate of drug-likeness (QED) is 0.764. The second kappa shape index (κ2) is 4.31. The van der Waals surface area contributed by atoms with E-state index in [2.05, 4.69) is 5.10 Å². The number of fused-ring (bicyclic) bond motifs is 1. The van der Waals surface area contributed by atoms with Gasteiger partial charge in [-0.15, -0.1) is 0 Å². The Kier molecular flexibility index (Phi) is 2.63. The molecule has 0 saturated heterocycles. The van der Waals surface area contributed by atoms with E-state index < -0.39 is 0 Å². The minimum atomic E-state index is 0.238. The fourth-order valence-electron chi connectivity index (χ4n) is 2.18. The fourth-order valence-corrected chi connectivity index (χ4v) is 2.18. The number of aryl methyl sites for hydroxylation is 1. The summed E-state index contributed by atoms with van der Waals surface area (Å²) in [5.74, 6) is 1.04. The average Bonchev–Trinajstić information content (AvgIpc) is 2.75. The number of aromatic hydroxyl groups is 1. The summed E-state index contributed by atoms with van der Waals surface area (Å²) in [6.45, 7) is 1.96. The number of phenolic OH excluding ortho intramolecular Hbond substituents is 1. The van der Waals surface area contributed by atoms with Gasteiger partial charge in [0.05, 0.1) is 24.0 Å². The third-order valence-corrected chi connectivity index (χ3v) is 3.17. The third kappa shape index (κ3) is 1.91. The van der Waals surface area contributed by atoms with Gasteiger partial charge in [0.2, 0.25) is 0 Å². The van der Waals surface area contributed by atoms with Crippen LogP contribution in [-0.2, 0) is 0 Å². The van der Waals surface area contributed by atoms with Crippen LogP contribution >= 0.6 is 0 Å². The Balaban J connectivity index is 2.20. The van der Waals surface area contributed by atoms with Crippen molar-refractivity contribution in [3.8, 4) is 17.2 Å². The summed E-state index contributed by atoms with van der Waals surface area (Å²) < 4.78 is 6.97. The lowest BCUT2D eigenvalue weighted by molar-refractivity contribution is 0.414. The number of rotatable bonds is 2. The summed E-state index contributed by atoms with van der Waals surface area (Å²) in [6, 6.07) is 12.9. The van der Waals surface area contributed by atoms with Crippen molar-refractivity contribution in [3.63, 3.8) is 0 Å². The first-order valence-electron chi connectivity index (χ1n) is 6.02. The number of nitrogens with zero attached hydrogens (tertiary/aromatic N) is 2. The SMILES string of the molecule is COc1ccc(-n2nc(C)c3ccc(O)cc32)cc1. The lowest BCUT2D eigenvalue weighted by Crippen LogP contribution is -1.96. The Bertz CT molecular complexity index is 730. The molecule has 1 heterocycles. The van der Waals surface area contributed by atoms with Gasteiger partial charge in [0.15, 0.2) is 0 Å². The molecule has 0 radical (unpaired) electrons. The van der Waals surface area contributed by atoms with Crippen molar-refractivity contribution in [2.45, 2.75) is 6.92 Å². The van der Waals surface area contributed by atoms with Gasteiger partial charge in [0, 0.05) is 11.5 Å². The lowest BCUT2D eigenvalue weighted by Gasteiger charge is -2.05. The molecule has 1 aromatic heterocycles. The molecule has 96 valence electrons. The van der Waals surface area contributed by atoms with Gasteiger partial charge in [-0.2, -0.15) is 5.10 Å². The average molecular weight is 254 g/mol. The Hall–Kier alpha value is -2.49. The number of hydrogen-bond acceptors (Lipinski definition) is 3. The van der Waals surface area contributed by atoms with Gasteiger partial charge in [-0.3, -0.25) is 0 Å². The second-order valence-corrected chi connectivity index (χ2v) is 4.40. The van der Waals surface area contributed by atoms with E-state index in [4.69, 9.17) is 4.74 Å². The van der Waals surface area contributed by atoms with Crippen LogP contribution in [0, 0.1) is 6.92 Å². The molecule has 3 rings (SSSR count). The van der Waals surface area contributed by atoms with Gasteiger partial charge in [-0.05, 0) is 43.3 Å². The van der Waals surface area contributed by atoms with Crippen molar-refractivity contribution in [1.82, 2.24) is 9.78 Å². The minimum absolute atomic E-state index is 0.238. The number of methoxy groups -OCH3 is 1. The molecular weight excluding hydrogens is 240 g/mol. The highest BCUT2D eigenvalue weighted by atomic mass is 16.5. The van der Waals surface area contributed by atoms with E-state index in [9.17, 15) is 5.11 Å². The molecule has 0 atom stereocenters. The molecule has 4 heteroatoms. The van der Waals surface area contributed by atoms with Crippen LogP contribution in [0.25, 0.3) is 16.6 Å².